The normalized spacial score (nSPS) is 15.7. The van der Waals surface area contributed by atoms with Crippen molar-refractivity contribution in [3.05, 3.63) is 52.1 Å². The Bertz CT molecular complexity index is 956. The Kier molecular flexibility index (Phi) is 5.56. The van der Waals surface area contributed by atoms with Crippen LogP contribution in [0.5, 0.6) is 0 Å². The summed E-state index contributed by atoms with van der Waals surface area (Å²) in [5, 5.41) is 0. The second-order valence-corrected chi connectivity index (χ2v) is 9.03. The Hall–Kier alpha value is -2.64. The Labute approximate surface area is 174 Å². The van der Waals surface area contributed by atoms with E-state index in [4.69, 9.17) is 5.73 Å². The van der Waals surface area contributed by atoms with Crippen molar-refractivity contribution in [2.75, 3.05) is 11.4 Å². The number of hydrogen-bond acceptors (Lipinski definition) is 4. The largest absolute Gasteiger partial charge is 0.451 e. The number of anilines is 1. The van der Waals surface area contributed by atoms with Gasteiger partial charge < -0.3 is 10.6 Å². The first-order valence-corrected chi connectivity index (χ1v) is 9.86. The molecule has 0 aliphatic carbocycles. The summed E-state index contributed by atoms with van der Waals surface area (Å²) in [6.07, 6.45) is -2.86. The Morgan fingerprint density at radius 1 is 1.17 bits per heavy atom. The van der Waals surface area contributed by atoms with Gasteiger partial charge in [-0.05, 0) is 48.1 Å². The lowest BCUT2D eigenvalue weighted by atomic mass is 9.73. The van der Waals surface area contributed by atoms with E-state index in [0.717, 1.165) is 22.4 Å². The molecule has 0 saturated carbocycles. The molecule has 0 saturated heterocycles. The lowest BCUT2D eigenvalue weighted by Gasteiger charge is -2.34. The van der Waals surface area contributed by atoms with Crippen molar-refractivity contribution in [3.63, 3.8) is 0 Å². The third kappa shape index (κ3) is 4.27. The van der Waals surface area contributed by atoms with Gasteiger partial charge >= 0.3 is 6.18 Å². The number of hydrogen-bond donors (Lipinski definition) is 1. The first-order chi connectivity index (χ1) is 13.8. The SMILES string of the molecule is Cc1cc(N2CCc3nc(C(F)(F)F)ncc3C2)cc(C)c1C(C(N)=O)C(C)(C)C. The first-order valence-electron chi connectivity index (χ1n) is 9.86. The van der Waals surface area contributed by atoms with Crippen LogP contribution in [-0.4, -0.2) is 22.4 Å². The summed E-state index contributed by atoms with van der Waals surface area (Å²) in [6.45, 7) is 10.9. The van der Waals surface area contributed by atoms with E-state index in [0.29, 0.717) is 30.8 Å². The quantitative estimate of drug-likeness (QED) is 0.804. The number of nitrogens with two attached hydrogens (primary N) is 1. The van der Waals surface area contributed by atoms with E-state index >= 15 is 0 Å². The van der Waals surface area contributed by atoms with Crippen LogP contribution in [0.4, 0.5) is 18.9 Å². The van der Waals surface area contributed by atoms with E-state index in [-0.39, 0.29) is 11.3 Å². The van der Waals surface area contributed by atoms with E-state index in [1.807, 2.05) is 46.8 Å². The Morgan fingerprint density at radius 3 is 2.27 bits per heavy atom. The third-order valence-corrected chi connectivity index (χ3v) is 5.57. The van der Waals surface area contributed by atoms with Crippen LogP contribution in [-0.2, 0) is 23.9 Å². The minimum Gasteiger partial charge on any atom is -0.369 e. The van der Waals surface area contributed by atoms with Crippen LogP contribution in [0, 0.1) is 19.3 Å². The zero-order valence-electron chi connectivity index (χ0n) is 17.9. The van der Waals surface area contributed by atoms with Gasteiger partial charge in [-0.25, -0.2) is 9.97 Å². The Morgan fingerprint density at radius 2 is 1.77 bits per heavy atom. The summed E-state index contributed by atoms with van der Waals surface area (Å²) in [7, 11) is 0. The average Bonchev–Trinajstić information content (AvgIpc) is 2.61. The van der Waals surface area contributed by atoms with Crippen molar-refractivity contribution in [3.8, 4) is 0 Å². The highest BCUT2D eigenvalue weighted by Gasteiger charge is 2.36. The summed E-state index contributed by atoms with van der Waals surface area (Å²) in [4.78, 5) is 21.5. The smallest absolute Gasteiger partial charge is 0.369 e. The minimum atomic E-state index is -4.54. The minimum absolute atomic E-state index is 0.319. The molecule has 1 aromatic heterocycles. The predicted octanol–water partition coefficient (Wildman–Crippen LogP) is 4.29. The van der Waals surface area contributed by atoms with E-state index in [9.17, 15) is 18.0 Å². The number of aryl methyl sites for hydroxylation is 2. The summed E-state index contributed by atoms with van der Waals surface area (Å²) in [5.74, 6) is -1.86. The summed E-state index contributed by atoms with van der Waals surface area (Å²) >= 11 is 0. The molecule has 1 amide bonds. The fraction of sp³-hybridized carbons (Fsp3) is 0.500. The molecule has 1 aliphatic rings. The molecule has 2 N–H and O–H groups in total. The molecule has 1 aliphatic heterocycles. The highest BCUT2D eigenvalue weighted by Crippen LogP contribution is 2.40. The van der Waals surface area contributed by atoms with E-state index in [1.165, 1.54) is 6.20 Å². The highest BCUT2D eigenvalue weighted by molar-refractivity contribution is 5.84. The van der Waals surface area contributed by atoms with Crippen molar-refractivity contribution < 1.29 is 18.0 Å². The van der Waals surface area contributed by atoms with Gasteiger partial charge in [0.05, 0.1) is 11.6 Å². The van der Waals surface area contributed by atoms with Gasteiger partial charge in [-0.15, -0.1) is 0 Å². The molecule has 1 aromatic carbocycles. The number of alkyl halides is 3. The van der Waals surface area contributed by atoms with Crippen LogP contribution < -0.4 is 10.6 Å². The molecule has 2 aromatic rings. The van der Waals surface area contributed by atoms with Gasteiger partial charge in [0.1, 0.15) is 0 Å². The Balaban J connectivity index is 1.92. The highest BCUT2D eigenvalue weighted by atomic mass is 19.4. The summed E-state index contributed by atoms with van der Waals surface area (Å²) in [6, 6.07) is 4.03. The molecule has 3 rings (SSSR count). The van der Waals surface area contributed by atoms with Gasteiger partial charge in [-0.1, -0.05) is 20.8 Å². The molecular formula is C22H27F3N4O. The van der Waals surface area contributed by atoms with Crippen LogP contribution in [0.15, 0.2) is 18.3 Å². The number of aromatic nitrogens is 2. The van der Waals surface area contributed by atoms with Crippen LogP contribution in [0.1, 0.15) is 60.5 Å². The van der Waals surface area contributed by atoms with Crippen molar-refractivity contribution in [2.24, 2.45) is 11.1 Å². The average molecular weight is 420 g/mol. The van der Waals surface area contributed by atoms with Crippen LogP contribution >= 0.6 is 0 Å². The number of primary amides is 1. The van der Waals surface area contributed by atoms with E-state index < -0.39 is 17.9 Å². The van der Waals surface area contributed by atoms with Crippen molar-refractivity contribution >= 4 is 11.6 Å². The topological polar surface area (TPSA) is 72.1 Å². The van der Waals surface area contributed by atoms with E-state index in [1.54, 1.807) is 0 Å². The molecule has 30 heavy (non-hydrogen) atoms. The maximum absolute atomic E-state index is 12.9. The van der Waals surface area contributed by atoms with E-state index in [2.05, 4.69) is 14.9 Å². The molecule has 162 valence electrons. The lowest BCUT2D eigenvalue weighted by molar-refractivity contribution is -0.145. The second kappa shape index (κ2) is 7.56. The third-order valence-electron chi connectivity index (χ3n) is 5.57. The summed E-state index contributed by atoms with van der Waals surface area (Å²) in [5.41, 5.74) is 10.4. The first kappa shape index (κ1) is 22.1. The second-order valence-electron chi connectivity index (χ2n) is 9.03. The van der Waals surface area contributed by atoms with Gasteiger partial charge in [0, 0.05) is 37.0 Å². The van der Waals surface area contributed by atoms with Crippen LogP contribution in [0.2, 0.25) is 0 Å². The van der Waals surface area contributed by atoms with Gasteiger partial charge in [0.15, 0.2) is 0 Å². The monoisotopic (exact) mass is 420 g/mol. The number of carbonyl (C=O) groups is 1. The zero-order valence-corrected chi connectivity index (χ0v) is 17.9. The molecule has 0 fully saturated rings. The number of halogens is 3. The molecule has 5 nitrogen and oxygen atoms in total. The molecule has 0 bridgehead atoms. The fourth-order valence-electron chi connectivity index (χ4n) is 4.26. The molecule has 8 heteroatoms. The molecule has 2 heterocycles. The van der Waals surface area contributed by atoms with Crippen molar-refractivity contribution in [1.82, 2.24) is 9.97 Å². The van der Waals surface area contributed by atoms with Crippen LogP contribution in [0.25, 0.3) is 0 Å². The number of rotatable bonds is 3. The zero-order chi connectivity index (χ0) is 22.4. The molecule has 1 unspecified atom stereocenters. The molecule has 0 spiro atoms. The van der Waals surface area contributed by atoms with Gasteiger partial charge in [0.25, 0.3) is 0 Å². The lowest BCUT2D eigenvalue weighted by Crippen LogP contribution is -2.34. The van der Waals surface area contributed by atoms with Crippen molar-refractivity contribution in [2.45, 2.75) is 59.7 Å². The predicted molar refractivity (Wildman–Crippen MR) is 109 cm³/mol. The molecule has 0 radical (unpaired) electrons. The molecular weight excluding hydrogens is 393 g/mol. The van der Waals surface area contributed by atoms with Gasteiger partial charge in [-0.2, -0.15) is 13.2 Å². The maximum Gasteiger partial charge on any atom is 0.451 e. The standard InChI is InChI=1S/C22H27F3N4O/c1-12-8-15(9-13(2)17(12)18(19(26)30)21(3,4)5)29-7-6-16-14(11-29)10-27-20(28-16)22(23,24)25/h8-10,18H,6-7,11H2,1-5H3,(H2,26,30). The number of carbonyl (C=O) groups excluding carboxylic acids is 1. The molecule has 1 atom stereocenters. The number of amides is 1. The number of nitrogens with zero attached hydrogens (tertiary/aromatic N) is 3. The number of fused-ring (bicyclic) bond motifs is 1. The van der Waals surface area contributed by atoms with Gasteiger partial charge in [0.2, 0.25) is 11.7 Å². The fourth-order valence-corrected chi connectivity index (χ4v) is 4.26. The maximum atomic E-state index is 12.9. The van der Waals surface area contributed by atoms with Crippen molar-refractivity contribution in [1.29, 1.82) is 0 Å². The number of benzene rings is 1. The van der Waals surface area contributed by atoms with Crippen LogP contribution in [0.3, 0.4) is 0 Å². The van der Waals surface area contributed by atoms with Gasteiger partial charge in [-0.3, -0.25) is 4.79 Å². The summed E-state index contributed by atoms with van der Waals surface area (Å²) < 4.78 is 38.6.